The zero-order chi connectivity index (χ0) is 19.7. The lowest BCUT2D eigenvalue weighted by atomic mass is 10.1. The number of sulfonamides is 1. The zero-order valence-corrected chi connectivity index (χ0v) is 16.3. The first-order valence-electron chi connectivity index (χ1n) is 9.47. The van der Waals surface area contributed by atoms with Gasteiger partial charge in [0.25, 0.3) is 0 Å². The van der Waals surface area contributed by atoms with Crippen LogP contribution in [0.1, 0.15) is 50.5 Å². The second-order valence-electron chi connectivity index (χ2n) is 6.81. The highest BCUT2D eigenvalue weighted by Crippen LogP contribution is 2.21. The number of carboxylic acids is 1. The summed E-state index contributed by atoms with van der Waals surface area (Å²) in [6.45, 7) is 1.71. The lowest BCUT2D eigenvalue weighted by Gasteiger charge is -2.15. The maximum atomic E-state index is 12.5. The Bertz CT molecular complexity index is 725. The lowest BCUT2D eigenvalue weighted by molar-refractivity contribution is -0.137. The van der Waals surface area contributed by atoms with Crippen LogP contribution in [-0.4, -0.2) is 49.3 Å². The molecular formula is C19H28N2O5S. The fourth-order valence-electron chi connectivity index (χ4n) is 3.06. The van der Waals surface area contributed by atoms with Crippen molar-refractivity contribution in [1.29, 1.82) is 0 Å². The molecule has 1 aliphatic rings. The van der Waals surface area contributed by atoms with Crippen LogP contribution < -0.4 is 5.32 Å². The van der Waals surface area contributed by atoms with Gasteiger partial charge in [0.15, 0.2) is 0 Å². The average molecular weight is 397 g/mol. The van der Waals surface area contributed by atoms with Crippen molar-refractivity contribution in [3.05, 3.63) is 29.8 Å². The van der Waals surface area contributed by atoms with Crippen LogP contribution in [0.2, 0.25) is 0 Å². The van der Waals surface area contributed by atoms with Crippen molar-refractivity contribution in [3.63, 3.8) is 0 Å². The highest BCUT2D eigenvalue weighted by molar-refractivity contribution is 7.89. The largest absolute Gasteiger partial charge is 0.481 e. The van der Waals surface area contributed by atoms with Crippen molar-refractivity contribution in [2.45, 2.75) is 56.3 Å². The van der Waals surface area contributed by atoms with Crippen molar-refractivity contribution in [1.82, 2.24) is 9.62 Å². The Hall–Kier alpha value is -1.93. The van der Waals surface area contributed by atoms with Crippen LogP contribution in [0.3, 0.4) is 0 Å². The number of hydrogen-bond acceptors (Lipinski definition) is 4. The van der Waals surface area contributed by atoms with Crippen LogP contribution in [0.5, 0.6) is 0 Å². The molecule has 0 bridgehead atoms. The number of carbonyl (C=O) groups excluding carboxylic acids is 1. The molecule has 7 nitrogen and oxygen atoms in total. The predicted molar refractivity (Wildman–Crippen MR) is 102 cm³/mol. The number of amides is 1. The first-order valence-corrected chi connectivity index (χ1v) is 10.9. The Labute approximate surface area is 160 Å². The number of nitrogens with one attached hydrogen (secondary N) is 1. The lowest BCUT2D eigenvalue weighted by Crippen LogP contribution is -2.27. The van der Waals surface area contributed by atoms with E-state index in [1.54, 1.807) is 24.3 Å². The Morgan fingerprint density at radius 2 is 1.67 bits per heavy atom. The maximum absolute atomic E-state index is 12.5. The highest BCUT2D eigenvalue weighted by Gasteiger charge is 2.26. The van der Waals surface area contributed by atoms with Crippen LogP contribution in [0.15, 0.2) is 29.2 Å². The molecule has 0 spiro atoms. The molecule has 1 aliphatic heterocycles. The van der Waals surface area contributed by atoms with Gasteiger partial charge in [-0.1, -0.05) is 18.6 Å². The molecule has 1 fully saturated rings. The van der Waals surface area contributed by atoms with Crippen LogP contribution in [0.4, 0.5) is 0 Å². The number of carbonyl (C=O) groups is 2. The summed E-state index contributed by atoms with van der Waals surface area (Å²) in [5.41, 5.74) is 0.923. The first kappa shape index (κ1) is 21.4. The van der Waals surface area contributed by atoms with Crippen LogP contribution in [-0.2, 0) is 26.0 Å². The fourth-order valence-corrected chi connectivity index (χ4v) is 4.57. The molecule has 27 heavy (non-hydrogen) atoms. The Balaban J connectivity index is 1.70. The molecule has 0 aromatic heterocycles. The minimum absolute atomic E-state index is 0.0537. The van der Waals surface area contributed by atoms with Gasteiger partial charge in [-0.3, -0.25) is 9.59 Å². The number of benzene rings is 1. The van der Waals surface area contributed by atoms with Gasteiger partial charge in [-0.15, -0.1) is 0 Å². The normalized spacial score (nSPS) is 15.0. The van der Waals surface area contributed by atoms with E-state index >= 15 is 0 Å². The standard InChI is InChI=1S/C19H28N2O5S/c22-18(20-13-3-1-2-6-19(23)24)12-9-16-7-10-17(11-8-16)27(25,26)21-14-4-5-15-21/h7-8,10-11H,1-6,9,12-15H2,(H,20,22)(H,23,24). The second-order valence-corrected chi connectivity index (χ2v) is 8.75. The molecule has 2 rings (SSSR count). The smallest absolute Gasteiger partial charge is 0.303 e. The average Bonchev–Trinajstić information content (AvgIpc) is 3.18. The summed E-state index contributed by atoms with van der Waals surface area (Å²) in [5.74, 6) is -0.847. The summed E-state index contributed by atoms with van der Waals surface area (Å²) in [6, 6.07) is 6.76. The van der Waals surface area contributed by atoms with E-state index in [0.29, 0.717) is 43.8 Å². The summed E-state index contributed by atoms with van der Waals surface area (Å²) in [4.78, 5) is 22.6. The SMILES string of the molecule is O=C(O)CCCCCNC(=O)CCc1ccc(S(=O)(=O)N2CCCC2)cc1. The quantitative estimate of drug-likeness (QED) is 0.558. The molecule has 2 N–H and O–H groups in total. The molecule has 1 aromatic rings. The van der Waals surface area contributed by atoms with Gasteiger partial charge in [0.1, 0.15) is 0 Å². The van der Waals surface area contributed by atoms with Crippen molar-refractivity contribution in [3.8, 4) is 0 Å². The van der Waals surface area contributed by atoms with E-state index < -0.39 is 16.0 Å². The Morgan fingerprint density at radius 1 is 1.00 bits per heavy atom. The molecule has 1 amide bonds. The minimum Gasteiger partial charge on any atom is -0.481 e. The Kier molecular flexibility index (Phi) is 8.24. The number of rotatable bonds is 11. The minimum atomic E-state index is -3.39. The number of nitrogens with zero attached hydrogens (tertiary/aromatic N) is 1. The van der Waals surface area contributed by atoms with E-state index in [4.69, 9.17) is 5.11 Å². The van der Waals surface area contributed by atoms with Gasteiger partial charge in [-0.25, -0.2) is 8.42 Å². The van der Waals surface area contributed by atoms with Gasteiger partial charge in [-0.2, -0.15) is 4.31 Å². The van der Waals surface area contributed by atoms with Gasteiger partial charge < -0.3 is 10.4 Å². The van der Waals surface area contributed by atoms with Crippen LogP contribution in [0.25, 0.3) is 0 Å². The highest BCUT2D eigenvalue weighted by atomic mass is 32.2. The molecule has 150 valence electrons. The molecule has 8 heteroatoms. The van der Waals surface area contributed by atoms with Gasteiger partial charge >= 0.3 is 5.97 Å². The van der Waals surface area contributed by atoms with Crippen molar-refractivity contribution < 1.29 is 23.1 Å². The molecule has 0 aliphatic carbocycles. The summed E-state index contributed by atoms with van der Waals surface area (Å²) >= 11 is 0. The van der Waals surface area contributed by atoms with Gasteiger partial charge in [0.2, 0.25) is 15.9 Å². The van der Waals surface area contributed by atoms with Gasteiger partial charge in [-0.05, 0) is 49.8 Å². The molecular weight excluding hydrogens is 368 g/mol. The molecule has 0 atom stereocenters. The topological polar surface area (TPSA) is 104 Å². The molecule has 0 radical (unpaired) electrons. The van der Waals surface area contributed by atoms with Crippen LogP contribution in [0, 0.1) is 0 Å². The van der Waals surface area contributed by atoms with E-state index in [1.165, 1.54) is 4.31 Å². The predicted octanol–water partition coefficient (Wildman–Crippen LogP) is 2.16. The van der Waals surface area contributed by atoms with E-state index in [0.717, 1.165) is 31.2 Å². The van der Waals surface area contributed by atoms with E-state index in [9.17, 15) is 18.0 Å². The van der Waals surface area contributed by atoms with Crippen LogP contribution >= 0.6 is 0 Å². The third-order valence-electron chi connectivity index (χ3n) is 4.66. The van der Waals surface area contributed by atoms with Crippen molar-refractivity contribution in [2.75, 3.05) is 19.6 Å². The Morgan fingerprint density at radius 3 is 2.30 bits per heavy atom. The van der Waals surface area contributed by atoms with Gasteiger partial charge in [0, 0.05) is 32.5 Å². The summed E-state index contributed by atoms with van der Waals surface area (Å²) in [7, 11) is -3.39. The second kappa shape index (κ2) is 10.4. The molecule has 1 saturated heterocycles. The zero-order valence-electron chi connectivity index (χ0n) is 15.5. The first-order chi connectivity index (χ1) is 12.9. The summed E-state index contributed by atoms with van der Waals surface area (Å²) < 4.78 is 26.5. The summed E-state index contributed by atoms with van der Waals surface area (Å²) in [5, 5.41) is 11.4. The number of aryl methyl sites for hydroxylation is 1. The fraction of sp³-hybridized carbons (Fsp3) is 0.579. The van der Waals surface area contributed by atoms with Crippen molar-refractivity contribution >= 4 is 21.9 Å². The van der Waals surface area contributed by atoms with E-state index in [1.807, 2.05) is 0 Å². The monoisotopic (exact) mass is 396 g/mol. The third-order valence-corrected chi connectivity index (χ3v) is 6.57. The van der Waals surface area contributed by atoms with Gasteiger partial charge in [0.05, 0.1) is 4.90 Å². The third kappa shape index (κ3) is 6.95. The number of unbranched alkanes of at least 4 members (excludes halogenated alkanes) is 2. The molecule has 1 aromatic carbocycles. The van der Waals surface area contributed by atoms with Crippen molar-refractivity contribution in [2.24, 2.45) is 0 Å². The van der Waals surface area contributed by atoms with E-state index in [-0.39, 0.29) is 12.3 Å². The molecule has 0 saturated carbocycles. The number of hydrogen-bond donors (Lipinski definition) is 2. The molecule has 0 unspecified atom stereocenters. The maximum Gasteiger partial charge on any atom is 0.303 e. The molecule has 1 heterocycles. The number of aliphatic carboxylic acids is 1. The summed E-state index contributed by atoms with van der Waals surface area (Å²) in [6.07, 6.45) is 5.04. The van der Waals surface area contributed by atoms with E-state index in [2.05, 4.69) is 5.32 Å². The number of carboxylic acid groups (broad SMARTS) is 1.